The van der Waals surface area contributed by atoms with Crippen molar-refractivity contribution in [1.29, 1.82) is 0 Å². The molecule has 3 fully saturated rings. The fourth-order valence-electron chi connectivity index (χ4n) is 9.87. The normalized spacial score (nSPS) is 23.4. The van der Waals surface area contributed by atoms with Crippen LogP contribution in [0.3, 0.4) is 0 Å². The number of aromatic hydroxyl groups is 1. The zero-order valence-electron chi connectivity index (χ0n) is 34.9. The van der Waals surface area contributed by atoms with Gasteiger partial charge in [0.2, 0.25) is 17.7 Å². The van der Waals surface area contributed by atoms with Crippen molar-refractivity contribution < 1.29 is 29.1 Å². The number of amides is 3. The molecule has 0 radical (unpaired) electrons. The first kappa shape index (κ1) is 40.7. The van der Waals surface area contributed by atoms with E-state index in [2.05, 4.69) is 31.0 Å². The summed E-state index contributed by atoms with van der Waals surface area (Å²) >= 11 is 1.59. The number of benzene rings is 2. The maximum atomic E-state index is 14.3. The van der Waals surface area contributed by atoms with E-state index < -0.39 is 18.1 Å². The molecule has 1 aliphatic carbocycles. The minimum absolute atomic E-state index is 0.0602. The number of nitrogens with one attached hydrogen (secondary N) is 2. The Balaban J connectivity index is 0.785. The van der Waals surface area contributed by atoms with Crippen LogP contribution in [0, 0.1) is 18.8 Å². The largest absolute Gasteiger partial charge is 0.507 e. The van der Waals surface area contributed by atoms with E-state index in [9.17, 15) is 24.6 Å². The van der Waals surface area contributed by atoms with Crippen molar-refractivity contribution in [2.75, 3.05) is 25.0 Å². The zero-order valence-corrected chi connectivity index (χ0v) is 35.7. The fourth-order valence-corrected chi connectivity index (χ4v) is 10.7. The summed E-state index contributed by atoms with van der Waals surface area (Å²) in [6.45, 7) is 9.07. The second-order valence-corrected chi connectivity index (χ2v) is 18.7. The van der Waals surface area contributed by atoms with Gasteiger partial charge < -0.3 is 35.2 Å². The van der Waals surface area contributed by atoms with Crippen LogP contribution in [0.1, 0.15) is 99.0 Å². The second-order valence-electron chi connectivity index (χ2n) is 17.8. The predicted molar refractivity (Wildman–Crippen MR) is 230 cm³/mol. The number of piperidine rings is 1. The molecule has 3 aromatic heterocycles. The number of β-amino-alcohol motifs (C(OH)–C–C–N with tert-alkyl or cyclic N) is 1. The number of fused-ring (bicyclic) bond motifs is 1. The molecule has 5 aromatic rings. The third-order valence-electron chi connectivity index (χ3n) is 13.2. The average molecular weight is 845 g/mol. The Morgan fingerprint density at radius 3 is 2.48 bits per heavy atom. The lowest BCUT2D eigenvalue weighted by Gasteiger charge is -2.46. The first-order valence-corrected chi connectivity index (χ1v) is 22.2. The summed E-state index contributed by atoms with van der Waals surface area (Å²) in [5.74, 6) is 0.116. The van der Waals surface area contributed by atoms with Gasteiger partial charge in [0.25, 0.3) is 0 Å². The minimum atomic E-state index is -0.823. The number of carbonyl (C=O) groups is 3. The van der Waals surface area contributed by atoms with Crippen LogP contribution >= 0.6 is 11.3 Å². The molecule has 4 aliphatic rings. The van der Waals surface area contributed by atoms with E-state index in [4.69, 9.17) is 4.52 Å². The van der Waals surface area contributed by atoms with Crippen molar-refractivity contribution in [3.63, 3.8) is 0 Å². The Morgan fingerprint density at radius 2 is 1.77 bits per heavy atom. The van der Waals surface area contributed by atoms with Gasteiger partial charge in [-0.15, -0.1) is 21.5 Å². The summed E-state index contributed by atoms with van der Waals surface area (Å²) in [5.41, 5.74) is 7.68. The number of thiazole rings is 1. The molecule has 1 unspecified atom stereocenters. The van der Waals surface area contributed by atoms with Crippen molar-refractivity contribution in [1.82, 2.24) is 35.5 Å². The first-order chi connectivity index (χ1) is 29.4. The number of aryl methyl sites for hydroxylation is 1. The van der Waals surface area contributed by atoms with E-state index in [1.54, 1.807) is 23.5 Å². The van der Waals surface area contributed by atoms with Gasteiger partial charge in [0.1, 0.15) is 23.5 Å². The summed E-state index contributed by atoms with van der Waals surface area (Å²) in [6.07, 6.45) is 3.01. The van der Waals surface area contributed by atoms with Crippen LogP contribution in [0.5, 0.6) is 5.75 Å². The summed E-state index contributed by atoms with van der Waals surface area (Å²) in [7, 11) is 0. The number of hydrogen-bond acceptors (Lipinski definition) is 12. The van der Waals surface area contributed by atoms with Gasteiger partial charge >= 0.3 is 0 Å². The van der Waals surface area contributed by atoms with Crippen LogP contribution in [0.4, 0.5) is 5.82 Å². The van der Waals surface area contributed by atoms with Crippen molar-refractivity contribution >= 4 is 34.9 Å². The zero-order chi connectivity index (χ0) is 42.6. The molecule has 2 saturated heterocycles. The smallest absolute Gasteiger partial charge is 0.243 e. The van der Waals surface area contributed by atoms with Crippen molar-refractivity contribution in [3.8, 4) is 27.4 Å². The number of likely N-dealkylation sites (tertiary alicyclic amines) is 2. The number of anilines is 1. The molecule has 9 rings (SSSR count). The number of aliphatic hydroxyl groups is 1. The Labute approximate surface area is 358 Å². The van der Waals surface area contributed by atoms with Crippen LogP contribution in [0.25, 0.3) is 21.7 Å². The molecule has 2 aromatic carbocycles. The number of aliphatic hydroxyl groups excluding tert-OH is 1. The highest BCUT2D eigenvalue weighted by Crippen LogP contribution is 2.49. The van der Waals surface area contributed by atoms with Gasteiger partial charge in [0, 0.05) is 60.6 Å². The molecule has 1 saturated carbocycles. The highest BCUT2D eigenvalue weighted by molar-refractivity contribution is 7.13. The van der Waals surface area contributed by atoms with Crippen molar-refractivity contribution in [3.05, 3.63) is 94.4 Å². The van der Waals surface area contributed by atoms with E-state index in [0.717, 1.165) is 70.9 Å². The monoisotopic (exact) mass is 844 g/mol. The molecule has 6 heterocycles. The SMILES string of the molecule is Cc1ncsc1-c1ccc([C@H](C)NC(=O)[C@@H]2C[C@@H](O)CN2C(=O)C(c2cc(C3CCN(C(=O)[C@H]4C[C@@]5(Cc6cc(-c7ccccc7O)nnc6N5)C4)CC3)no2)C(C)C)cc1. The lowest BCUT2D eigenvalue weighted by molar-refractivity contribution is -0.141. The third-order valence-corrected chi connectivity index (χ3v) is 14.2. The Kier molecular flexibility index (Phi) is 10.9. The van der Waals surface area contributed by atoms with Gasteiger partial charge in [-0.25, -0.2) is 4.98 Å². The molecular weight excluding hydrogens is 793 g/mol. The molecule has 3 amide bonds. The molecule has 318 valence electrons. The minimum Gasteiger partial charge on any atom is -0.507 e. The van der Waals surface area contributed by atoms with Gasteiger partial charge in [-0.3, -0.25) is 14.4 Å². The highest BCUT2D eigenvalue weighted by Gasteiger charge is 2.52. The molecule has 61 heavy (non-hydrogen) atoms. The Hall–Kier alpha value is -5.67. The molecule has 4 atom stereocenters. The number of nitrogens with zero attached hydrogens (tertiary/aromatic N) is 6. The van der Waals surface area contributed by atoms with Gasteiger partial charge in [0.05, 0.1) is 39.6 Å². The molecule has 4 N–H and O–H groups in total. The van der Waals surface area contributed by atoms with Gasteiger partial charge in [-0.1, -0.05) is 55.4 Å². The third kappa shape index (κ3) is 7.89. The number of hydrogen-bond donors (Lipinski definition) is 4. The molecule has 15 heteroatoms. The molecule has 1 spiro atoms. The van der Waals surface area contributed by atoms with Crippen molar-refractivity contribution in [2.24, 2.45) is 11.8 Å². The number of carbonyl (C=O) groups excluding carboxylic acids is 3. The molecule has 0 bridgehead atoms. The van der Waals surface area contributed by atoms with Crippen LogP contribution in [-0.4, -0.2) is 95.4 Å². The molecule has 3 aliphatic heterocycles. The van der Waals surface area contributed by atoms with Gasteiger partial charge in [0.15, 0.2) is 5.82 Å². The van der Waals surface area contributed by atoms with Crippen LogP contribution in [0.15, 0.2) is 70.7 Å². The van der Waals surface area contributed by atoms with Crippen LogP contribution < -0.4 is 10.6 Å². The molecular formula is C46H52N8O6S. The summed E-state index contributed by atoms with van der Waals surface area (Å²) < 4.78 is 5.90. The molecule has 14 nitrogen and oxygen atoms in total. The van der Waals surface area contributed by atoms with Gasteiger partial charge in [-0.05, 0) is 81.2 Å². The van der Waals surface area contributed by atoms with Crippen LogP contribution in [0.2, 0.25) is 0 Å². The quantitative estimate of drug-likeness (QED) is 0.122. The lowest BCUT2D eigenvalue weighted by atomic mass is 9.66. The number of phenolic OH excluding ortho intramolecular Hbond substituents is 1. The lowest BCUT2D eigenvalue weighted by Crippen LogP contribution is -2.55. The van der Waals surface area contributed by atoms with E-state index in [1.807, 2.05) is 86.6 Å². The van der Waals surface area contributed by atoms with E-state index >= 15 is 0 Å². The van der Waals surface area contributed by atoms with Crippen molar-refractivity contribution in [2.45, 2.75) is 102 Å². The standard InChI is InChI=1S/C46H52N8O6S/c1-25(2)40(45(59)54-23-33(55)18-37(54)43(57)48-26(3)28-9-11-30(12-10-28)41-27(4)47-24-61-41)39-19-35(52-60-39)29-13-15-53(16-14-29)44(58)32-21-46(22-32)20-31-17-36(50-51-42(31)49-46)34-7-5-6-8-38(34)56/h5-12,17,19,24-26,29,32-33,37,40,55-56H,13-16,18,20-23H2,1-4H3,(H,48,57)(H,49,51)/t26-,32-,33+,37-,40?,46-/m0/s1. The Bertz CT molecular complexity index is 2440. The second kappa shape index (κ2) is 16.3. The predicted octanol–water partition coefficient (Wildman–Crippen LogP) is 6.37. The maximum Gasteiger partial charge on any atom is 0.243 e. The van der Waals surface area contributed by atoms with E-state index in [0.29, 0.717) is 30.1 Å². The fraction of sp³-hybridized carbons (Fsp3) is 0.457. The first-order valence-electron chi connectivity index (χ1n) is 21.3. The summed E-state index contributed by atoms with van der Waals surface area (Å²) in [4.78, 5) is 50.7. The average Bonchev–Trinajstić information content (AvgIpc) is 4.06. The number of para-hydroxylation sites is 1. The van der Waals surface area contributed by atoms with E-state index in [-0.39, 0.29) is 65.8 Å². The maximum absolute atomic E-state index is 14.3. The number of rotatable bonds is 10. The topological polar surface area (TPSA) is 187 Å². The Morgan fingerprint density at radius 1 is 1.02 bits per heavy atom. The van der Waals surface area contributed by atoms with E-state index in [1.165, 1.54) is 4.90 Å². The number of phenols is 1. The summed E-state index contributed by atoms with van der Waals surface area (Å²) in [5, 5.41) is 40.9. The summed E-state index contributed by atoms with van der Waals surface area (Å²) in [6, 6.07) is 17.9. The van der Waals surface area contributed by atoms with Crippen LogP contribution in [-0.2, 0) is 20.8 Å². The van der Waals surface area contributed by atoms with Gasteiger partial charge in [-0.2, -0.15) is 0 Å². The number of aromatic nitrogens is 4. The highest BCUT2D eigenvalue weighted by atomic mass is 32.1.